The lowest BCUT2D eigenvalue weighted by molar-refractivity contribution is -0.130. The number of amides is 1. The van der Waals surface area contributed by atoms with Gasteiger partial charge in [0.15, 0.2) is 5.43 Å². The molecule has 2 N–H and O–H groups in total. The highest BCUT2D eigenvalue weighted by Gasteiger charge is 2.29. The van der Waals surface area contributed by atoms with E-state index in [-0.39, 0.29) is 57.5 Å². The van der Waals surface area contributed by atoms with E-state index in [2.05, 4.69) is 10.3 Å². The summed E-state index contributed by atoms with van der Waals surface area (Å²) in [4.78, 5) is 29.4. The number of nitrogens with one attached hydrogen (secondary N) is 1. The van der Waals surface area contributed by atoms with Gasteiger partial charge < -0.3 is 24.5 Å². The number of hydrogen-bond acceptors (Lipinski definition) is 6. The molecule has 11 heteroatoms. The van der Waals surface area contributed by atoms with Crippen molar-refractivity contribution >= 4 is 51.6 Å². The van der Waals surface area contributed by atoms with Crippen molar-refractivity contribution in [2.24, 2.45) is 5.41 Å². The van der Waals surface area contributed by atoms with Crippen LogP contribution in [0.2, 0.25) is 15.1 Å². The Morgan fingerprint density at radius 1 is 1.15 bits per heavy atom. The molecule has 1 aromatic carbocycles. The van der Waals surface area contributed by atoms with E-state index in [9.17, 15) is 9.59 Å². The molecule has 0 fully saturated rings. The summed E-state index contributed by atoms with van der Waals surface area (Å²) in [5, 5.41) is 12.4. The number of fused-ring (bicyclic) bond motifs is 1. The van der Waals surface area contributed by atoms with Gasteiger partial charge in [-0.2, -0.15) is 0 Å². The second-order valence-corrected chi connectivity index (χ2v) is 9.40. The fourth-order valence-corrected chi connectivity index (χ4v) is 4.32. The molecule has 0 spiro atoms. The Kier molecular flexibility index (Phi) is 7.98. The number of nitrogens with zero attached hydrogens (tertiary/aromatic N) is 2. The van der Waals surface area contributed by atoms with E-state index < -0.39 is 5.41 Å². The van der Waals surface area contributed by atoms with Crippen molar-refractivity contribution in [1.82, 2.24) is 14.9 Å². The molecule has 2 heterocycles. The molecule has 1 amide bonds. The number of aromatic nitrogens is 2. The van der Waals surface area contributed by atoms with Crippen LogP contribution in [0.15, 0.2) is 29.2 Å². The predicted molar refractivity (Wildman–Crippen MR) is 133 cm³/mol. The number of benzene rings is 1. The molecule has 0 saturated heterocycles. The van der Waals surface area contributed by atoms with Gasteiger partial charge in [-0.25, -0.2) is 4.98 Å². The van der Waals surface area contributed by atoms with Gasteiger partial charge in [-0.1, -0.05) is 34.8 Å². The van der Waals surface area contributed by atoms with E-state index in [0.717, 1.165) is 0 Å². The SMILES string of the molecule is CNC(=O)C(C)(C)COc1ncc(Cl)c2c1c(=O)cc(C)n2-c1c(Cl)cc(OCCO)cc1Cl. The minimum Gasteiger partial charge on any atom is -0.491 e. The Bertz CT molecular complexity index is 1280. The molecular formula is C23H24Cl3N3O5. The topological polar surface area (TPSA) is 103 Å². The first kappa shape index (κ1) is 26.1. The highest BCUT2D eigenvalue weighted by atomic mass is 35.5. The Morgan fingerprint density at radius 3 is 2.38 bits per heavy atom. The van der Waals surface area contributed by atoms with Gasteiger partial charge in [0.05, 0.1) is 44.5 Å². The summed E-state index contributed by atoms with van der Waals surface area (Å²) in [6.45, 7) is 5.04. The van der Waals surface area contributed by atoms with Gasteiger partial charge in [0.2, 0.25) is 11.8 Å². The average molecular weight is 529 g/mol. The van der Waals surface area contributed by atoms with E-state index in [1.165, 1.54) is 19.3 Å². The van der Waals surface area contributed by atoms with Crippen LogP contribution in [0, 0.1) is 12.3 Å². The monoisotopic (exact) mass is 527 g/mol. The van der Waals surface area contributed by atoms with Crippen LogP contribution in [0.3, 0.4) is 0 Å². The molecule has 8 nitrogen and oxygen atoms in total. The lowest BCUT2D eigenvalue weighted by Crippen LogP contribution is -2.39. The Balaban J connectivity index is 2.22. The molecule has 34 heavy (non-hydrogen) atoms. The Hall–Kier alpha value is -2.52. The fraction of sp³-hybridized carbons (Fsp3) is 0.348. The first-order chi connectivity index (χ1) is 16.0. The maximum Gasteiger partial charge on any atom is 0.228 e. The van der Waals surface area contributed by atoms with E-state index in [0.29, 0.717) is 22.6 Å². The third kappa shape index (κ3) is 5.10. The summed E-state index contributed by atoms with van der Waals surface area (Å²) in [6, 6.07) is 4.51. The molecule has 182 valence electrons. The number of hydrogen-bond donors (Lipinski definition) is 2. The summed E-state index contributed by atoms with van der Waals surface area (Å²) in [5.74, 6) is 0.190. The second kappa shape index (κ2) is 10.4. The number of aliphatic hydroxyl groups excluding tert-OH is 1. The fourth-order valence-electron chi connectivity index (χ4n) is 3.46. The van der Waals surface area contributed by atoms with Crippen LogP contribution >= 0.6 is 34.8 Å². The smallest absolute Gasteiger partial charge is 0.228 e. The number of aryl methyl sites for hydroxylation is 1. The number of aliphatic hydroxyl groups is 1. The van der Waals surface area contributed by atoms with Crippen LogP contribution in [-0.2, 0) is 4.79 Å². The molecule has 0 saturated carbocycles. The van der Waals surface area contributed by atoms with Crippen molar-refractivity contribution in [3.63, 3.8) is 0 Å². The van der Waals surface area contributed by atoms with E-state index in [1.54, 1.807) is 37.5 Å². The second-order valence-electron chi connectivity index (χ2n) is 8.18. The van der Waals surface area contributed by atoms with Gasteiger partial charge in [-0.05, 0) is 20.8 Å². The number of rotatable bonds is 8. The summed E-state index contributed by atoms with van der Waals surface area (Å²) in [6.07, 6.45) is 1.36. The molecule has 0 aliphatic carbocycles. The van der Waals surface area contributed by atoms with Crippen molar-refractivity contribution in [2.75, 3.05) is 26.9 Å². The number of carbonyl (C=O) groups is 1. The predicted octanol–water partition coefficient (Wildman–Crippen LogP) is 4.18. The summed E-state index contributed by atoms with van der Waals surface area (Å²) >= 11 is 19.6. The first-order valence-electron chi connectivity index (χ1n) is 10.3. The third-order valence-corrected chi connectivity index (χ3v) is 5.97. The molecule has 0 aliphatic heterocycles. The minimum atomic E-state index is -0.872. The zero-order chi connectivity index (χ0) is 25.2. The van der Waals surface area contributed by atoms with Crippen molar-refractivity contribution in [1.29, 1.82) is 0 Å². The van der Waals surface area contributed by atoms with Gasteiger partial charge in [0.1, 0.15) is 24.3 Å². The highest BCUT2D eigenvalue weighted by Crippen LogP contribution is 2.38. The Morgan fingerprint density at radius 2 is 1.79 bits per heavy atom. The minimum absolute atomic E-state index is 0.0257. The third-order valence-electron chi connectivity index (χ3n) is 5.12. The maximum atomic E-state index is 13.0. The molecule has 3 rings (SSSR count). The largest absolute Gasteiger partial charge is 0.491 e. The molecule has 0 radical (unpaired) electrons. The van der Waals surface area contributed by atoms with Crippen LogP contribution < -0.4 is 20.2 Å². The van der Waals surface area contributed by atoms with E-state index in [4.69, 9.17) is 49.4 Å². The summed E-state index contributed by atoms with van der Waals surface area (Å²) < 4.78 is 12.9. The standard InChI is InChI=1S/C23H24Cl3N3O5/c1-12-7-17(31)18-20(16(26)10-28-21(18)34-11-23(2,3)22(32)27-4)29(12)19-14(24)8-13(9-15(19)25)33-6-5-30/h7-10,30H,5-6,11H2,1-4H3,(H,27,32). The molecule has 0 aliphatic rings. The van der Waals surface area contributed by atoms with Crippen LogP contribution in [0.1, 0.15) is 19.5 Å². The lowest BCUT2D eigenvalue weighted by atomic mass is 9.94. The summed E-state index contributed by atoms with van der Waals surface area (Å²) in [5.41, 5.74) is -0.0192. The zero-order valence-electron chi connectivity index (χ0n) is 19.0. The number of ether oxygens (including phenoxy) is 2. The average Bonchev–Trinajstić information content (AvgIpc) is 2.78. The van der Waals surface area contributed by atoms with Crippen LogP contribution in [-0.4, -0.2) is 47.4 Å². The van der Waals surface area contributed by atoms with Crippen LogP contribution in [0.25, 0.3) is 16.6 Å². The molecule has 2 aromatic heterocycles. The zero-order valence-corrected chi connectivity index (χ0v) is 21.3. The van der Waals surface area contributed by atoms with Gasteiger partial charge in [-0.15, -0.1) is 0 Å². The summed E-state index contributed by atoms with van der Waals surface area (Å²) in [7, 11) is 1.54. The van der Waals surface area contributed by atoms with Gasteiger partial charge in [-0.3, -0.25) is 9.59 Å². The molecule has 0 unspecified atom stereocenters. The molecule has 0 atom stereocenters. The highest BCUT2D eigenvalue weighted by molar-refractivity contribution is 6.39. The molecule has 3 aromatic rings. The van der Waals surface area contributed by atoms with Crippen molar-refractivity contribution in [3.8, 4) is 17.3 Å². The number of carbonyl (C=O) groups excluding carboxylic acids is 1. The van der Waals surface area contributed by atoms with Crippen molar-refractivity contribution in [3.05, 3.63) is 55.4 Å². The lowest BCUT2D eigenvalue weighted by Gasteiger charge is -2.23. The Labute approximate surface area is 211 Å². The quantitative estimate of drug-likeness (QED) is 0.455. The first-order valence-corrected chi connectivity index (χ1v) is 11.4. The maximum absolute atomic E-state index is 13.0. The number of halogens is 3. The number of pyridine rings is 2. The van der Waals surface area contributed by atoms with E-state index >= 15 is 0 Å². The molecule has 0 bridgehead atoms. The van der Waals surface area contributed by atoms with Crippen LogP contribution in [0.5, 0.6) is 11.6 Å². The van der Waals surface area contributed by atoms with Gasteiger partial charge in [0.25, 0.3) is 0 Å². The van der Waals surface area contributed by atoms with Crippen molar-refractivity contribution in [2.45, 2.75) is 20.8 Å². The van der Waals surface area contributed by atoms with E-state index in [1.807, 2.05) is 0 Å². The van der Waals surface area contributed by atoms with Crippen LogP contribution in [0.4, 0.5) is 0 Å². The van der Waals surface area contributed by atoms with Crippen molar-refractivity contribution < 1.29 is 19.4 Å². The van der Waals surface area contributed by atoms with Gasteiger partial charge >= 0.3 is 0 Å². The normalized spacial score (nSPS) is 11.5. The molecular weight excluding hydrogens is 505 g/mol. The van der Waals surface area contributed by atoms with Gasteiger partial charge in [0, 0.05) is 30.9 Å².